The highest BCUT2D eigenvalue weighted by Crippen LogP contribution is 2.31. The SMILES string of the molecule is O=S(=O)(c1ccc(Cl)c(Cl)c1)N1CCN(c2nc(-c3cc(F)cc(F)c3)cs2)CC1. The maximum Gasteiger partial charge on any atom is 0.243 e. The molecule has 158 valence electrons. The molecule has 5 nitrogen and oxygen atoms in total. The molecule has 0 atom stereocenters. The molecule has 1 aliphatic heterocycles. The van der Waals surface area contributed by atoms with Gasteiger partial charge in [-0.1, -0.05) is 23.2 Å². The van der Waals surface area contributed by atoms with Crippen LogP contribution < -0.4 is 4.90 Å². The fourth-order valence-corrected chi connectivity index (χ4v) is 5.85. The van der Waals surface area contributed by atoms with Crippen molar-refractivity contribution < 1.29 is 17.2 Å². The van der Waals surface area contributed by atoms with Crippen LogP contribution in [0.2, 0.25) is 10.0 Å². The Labute approximate surface area is 186 Å². The number of rotatable bonds is 4. The number of hydrogen-bond acceptors (Lipinski definition) is 5. The lowest BCUT2D eigenvalue weighted by Crippen LogP contribution is -2.48. The Morgan fingerprint density at radius 2 is 1.60 bits per heavy atom. The van der Waals surface area contributed by atoms with Crippen molar-refractivity contribution >= 4 is 49.7 Å². The zero-order valence-electron chi connectivity index (χ0n) is 15.4. The Kier molecular flexibility index (Phi) is 6.00. The van der Waals surface area contributed by atoms with Gasteiger partial charge in [-0.25, -0.2) is 22.2 Å². The highest BCUT2D eigenvalue weighted by Gasteiger charge is 2.29. The number of aromatic nitrogens is 1. The number of halogens is 4. The minimum Gasteiger partial charge on any atom is -0.345 e. The van der Waals surface area contributed by atoms with Gasteiger partial charge in [0.1, 0.15) is 11.6 Å². The fourth-order valence-electron chi connectivity index (χ4n) is 3.15. The third-order valence-corrected chi connectivity index (χ3v) is 8.22. The number of thiazole rings is 1. The van der Waals surface area contributed by atoms with Crippen LogP contribution in [0, 0.1) is 11.6 Å². The summed E-state index contributed by atoms with van der Waals surface area (Å²) in [4.78, 5) is 6.51. The summed E-state index contributed by atoms with van der Waals surface area (Å²) in [6.45, 7) is 1.41. The molecule has 0 saturated carbocycles. The molecular formula is C19H15Cl2F2N3O2S2. The largest absolute Gasteiger partial charge is 0.345 e. The normalized spacial score (nSPS) is 15.5. The molecule has 0 bridgehead atoms. The van der Waals surface area contributed by atoms with Crippen LogP contribution in [-0.2, 0) is 10.0 Å². The lowest BCUT2D eigenvalue weighted by molar-refractivity contribution is 0.385. The summed E-state index contributed by atoms with van der Waals surface area (Å²) in [5.41, 5.74) is 0.829. The number of hydrogen-bond donors (Lipinski definition) is 0. The molecule has 1 saturated heterocycles. The fraction of sp³-hybridized carbons (Fsp3) is 0.211. The van der Waals surface area contributed by atoms with E-state index in [0.29, 0.717) is 29.5 Å². The molecule has 1 aliphatic rings. The van der Waals surface area contributed by atoms with Gasteiger partial charge in [0.15, 0.2) is 5.13 Å². The molecule has 1 fully saturated rings. The predicted molar refractivity (Wildman–Crippen MR) is 115 cm³/mol. The second-order valence-corrected chi connectivity index (χ2v) is 10.2. The van der Waals surface area contributed by atoms with Gasteiger partial charge in [0.2, 0.25) is 10.0 Å². The molecule has 4 rings (SSSR count). The van der Waals surface area contributed by atoms with E-state index in [1.807, 2.05) is 4.90 Å². The highest BCUT2D eigenvalue weighted by atomic mass is 35.5. The van der Waals surface area contributed by atoms with Crippen LogP contribution in [0.3, 0.4) is 0 Å². The Morgan fingerprint density at radius 1 is 0.933 bits per heavy atom. The van der Waals surface area contributed by atoms with Crippen molar-refractivity contribution in [3.8, 4) is 11.3 Å². The first-order valence-corrected chi connectivity index (χ1v) is 11.9. The van der Waals surface area contributed by atoms with E-state index < -0.39 is 21.7 Å². The van der Waals surface area contributed by atoms with Gasteiger partial charge in [-0.3, -0.25) is 0 Å². The molecule has 3 aromatic rings. The molecule has 2 aromatic carbocycles. The maximum absolute atomic E-state index is 13.5. The van der Waals surface area contributed by atoms with Gasteiger partial charge >= 0.3 is 0 Å². The van der Waals surface area contributed by atoms with E-state index in [2.05, 4.69) is 4.98 Å². The average Bonchev–Trinajstić information content (AvgIpc) is 3.20. The van der Waals surface area contributed by atoms with Crippen LogP contribution in [0.5, 0.6) is 0 Å². The first-order valence-electron chi connectivity index (χ1n) is 8.86. The minimum atomic E-state index is -3.69. The lowest BCUT2D eigenvalue weighted by atomic mass is 10.1. The van der Waals surface area contributed by atoms with Gasteiger partial charge in [0.05, 0.1) is 20.6 Å². The molecule has 0 aliphatic carbocycles. The summed E-state index contributed by atoms with van der Waals surface area (Å²) in [7, 11) is -3.69. The van der Waals surface area contributed by atoms with Gasteiger partial charge in [-0.05, 0) is 30.3 Å². The summed E-state index contributed by atoms with van der Waals surface area (Å²) >= 11 is 13.2. The predicted octanol–water partition coefficient (Wildman–Crippen LogP) is 4.91. The second kappa shape index (κ2) is 8.39. The zero-order chi connectivity index (χ0) is 21.5. The zero-order valence-corrected chi connectivity index (χ0v) is 18.5. The van der Waals surface area contributed by atoms with Crippen LogP contribution in [0.4, 0.5) is 13.9 Å². The van der Waals surface area contributed by atoms with Crippen molar-refractivity contribution in [2.75, 3.05) is 31.1 Å². The van der Waals surface area contributed by atoms with E-state index in [1.54, 1.807) is 5.38 Å². The van der Waals surface area contributed by atoms with Crippen molar-refractivity contribution in [2.45, 2.75) is 4.90 Å². The molecule has 11 heteroatoms. The van der Waals surface area contributed by atoms with Gasteiger partial charge in [0, 0.05) is 43.2 Å². The number of nitrogens with zero attached hydrogens (tertiary/aromatic N) is 3. The Morgan fingerprint density at radius 3 is 2.23 bits per heavy atom. The van der Waals surface area contributed by atoms with Crippen LogP contribution in [-0.4, -0.2) is 43.9 Å². The first-order chi connectivity index (χ1) is 14.2. The molecule has 30 heavy (non-hydrogen) atoms. The maximum atomic E-state index is 13.5. The van der Waals surface area contributed by atoms with Crippen molar-refractivity contribution in [1.29, 1.82) is 0 Å². The van der Waals surface area contributed by atoms with E-state index in [-0.39, 0.29) is 28.0 Å². The topological polar surface area (TPSA) is 53.5 Å². The van der Waals surface area contributed by atoms with Gasteiger partial charge in [-0.15, -0.1) is 11.3 Å². The number of piperazine rings is 1. The molecule has 0 N–H and O–H groups in total. The Hall–Kier alpha value is -1.78. The van der Waals surface area contributed by atoms with Crippen molar-refractivity contribution in [2.24, 2.45) is 0 Å². The highest BCUT2D eigenvalue weighted by molar-refractivity contribution is 7.89. The number of sulfonamides is 1. The third-order valence-electron chi connectivity index (χ3n) is 4.69. The van der Waals surface area contributed by atoms with Gasteiger partial charge < -0.3 is 4.90 Å². The van der Waals surface area contributed by atoms with E-state index in [1.165, 1.54) is 46.0 Å². The summed E-state index contributed by atoms with van der Waals surface area (Å²) in [6.07, 6.45) is 0. The summed E-state index contributed by atoms with van der Waals surface area (Å²) in [5, 5.41) is 2.86. The molecule has 0 spiro atoms. The van der Waals surface area contributed by atoms with E-state index >= 15 is 0 Å². The van der Waals surface area contributed by atoms with Crippen LogP contribution in [0.15, 0.2) is 46.7 Å². The molecule has 0 unspecified atom stereocenters. The smallest absolute Gasteiger partial charge is 0.243 e. The van der Waals surface area contributed by atoms with Crippen LogP contribution >= 0.6 is 34.5 Å². The molecular weight excluding hydrogens is 475 g/mol. The number of anilines is 1. The minimum absolute atomic E-state index is 0.0926. The quantitative estimate of drug-likeness (QED) is 0.522. The molecule has 2 heterocycles. The van der Waals surface area contributed by atoms with Crippen molar-refractivity contribution in [3.05, 3.63) is 63.5 Å². The van der Waals surface area contributed by atoms with E-state index in [0.717, 1.165) is 6.07 Å². The van der Waals surface area contributed by atoms with Crippen LogP contribution in [0.25, 0.3) is 11.3 Å². The summed E-state index contributed by atoms with van der Waals surface area (Å²) in [6, 6.07) is 7.50. The lowest BCUT2D eigenvalue weighted by Gasteiger charge is -2.33. The standard InChI is InChI=1S/C19H15Cl2F2N3O2S2/c20-16-2-1-15(10-17(16)21)30(27,28)26-5-3-25(4-6-26)19-24-18(11-29-19)12-7-13(22)9-14(23)8-12/h1-2,7-11H,3-6H2. The average molecular weight is 490 g/mol. The number of benzene rings is 2. The second-order valence-electron chi connectivity index (χ2n) is 6.64. The van der Waals surface area contributed by atoms with E-state index in [9.17, 15) is 17.2 Å². The molecule has 1 aromatic heterocycles. The van der Waals surface area contributed by atoms with Crippen molar-refractivity contribution in [3.63, 3.8) is 0 Å². The van der Waals surface area contributed by atoms with Gasteiger partial charge in [-0.2, -0.15) is 4.31 Å². The first kappa shape index (κ1) is 21.5. The summed E-state index contributed by atoms with van der Waals surface area (Å²) in [5.74, 6) is -1.33. The van der Waals surface area contributed by atoms with Crippen molar-refractivity contribution in [1.82, 2.24) is 9.29 Å². The molecule has 0 radical (unpaired) electrons. The van der Waals surface area contributed by atoms with Crippen LogP contribution in [0.1, 0.15) is 0 Å². The Balaban J connectivity index is 1.47. The third kappa shape index (κ3) is 4.31. The molecule has 0 amide bonds. The summed E-state index contributed by atoms with van der Waals surface area (Å²) < 4.78 is 54.1. The van der Waals surface area contributed by atoms with Gasteiger partial charge in [0.25, 0.3) is 0 Å². The Bertz CT molecular complexity index is 1180. The van der Waals surface area contributed by atoms with E-state index in [4.69, 9.17) is 23.2 Å². The monoisotopic (exact) mass is 489 g/mol.